The Labute approximate surface area is 176 Å². The molecule has 1 amide bonds. The minimum atomic E-state index is -4.52. The van der Waals surface area contributed by atoms with E-state index in [9.17, 15) is 18.0 Å². The summed E-state index contributed by atoms with van der Waals surface area (Å²) in [6, 6.07) is 2.97. The van der Waals surface area contributed by atoms with E-state index in [1.165, 1.54) is 17.0 Å². The lowest BCUT2D eigenvalue weighted by Crippen LogP contribution is -2.35. The smallest absolute Gasteiger partial charge is 0.416 e. The van der Waals surface area contributed by atoms with Crippen LogP contribution in [0.2, 0.25) is 0 Å². The van der Waals surface area contributed by atoms with Crippen molar-refractivity contribution in [2.45, 2.75) is 37.6 Å². The molecular weight excluding hydrogens is 417 g/mol. The number of benzene rings is 1. The number of amides is 1. The quantitative estimate of drug-likeness (QED) is 0.689. The Balaban J connectivity index is 0.000000858. The van der Waals surface area contributed by atoms with E-state index in [-0.39, 0.29) is 35.1 Å². The summed E-state index contributed by atoms with van der Waals surface area (Å²) < 4.78 is 56.1. The summed E-state index contributed by atoms with van der Waals surface area (Å²) in [5.41, 5.74) is 6.78. The molecule has 1 aromatic heterocycles. The number of halogens is 3. The predicted molar refractivity (Wildman–Crippen MR) is 102 cm³/mol. The van der Waals surface area contributed by atoms with Gasteiger partial charge in [-0.3, -0.25) is 4.79 Å². The molecule has 1 unspecified atom stereocenters. The molecule has 2 heterocycles. The Bertz CT molecular complexity index is 941. The zero-order valence-electron chi connectivity index (χ0n) is 17.2. The van der Waals surface area contributed by atoms with Crippen LogP contribution in [0.3, 0.4) is 0 Å². The Hall–Kier alpha value is -2.95. The molecular formula is C20H24F3N4O4+. The van der Waals surface area contributed by atoms with Crippen molar-refractivity contribution in [3.63, 3.8) is 0 Å². The van der Waals surface area contributed by atoms with Gasteiger partial charge in [-0.15, -0.1) is 4.70 Å². The zero-order valence-corrected chi connectivity index (χ0v) is 17.2. The fraction of sp³-hybridized carbons (Fsp3) is 0.500. The molecule has 0 bridgehead atoms. The first-order chi connectivity index (χ1) is 14.7. The number of rotatable bonds is 5. The van der Waals surface area contributed by atoms with Gasteiger partial charge in [0.15, 0.2) is 18.8 Å². The van der Waals surface area contributed by atoms with Crippen molar-refractivity contribution in [2.24, 2.45) is 0 Å². The molecule has 0 radical (unpaired) electrons. The summed E-state index contributed by atoms with van der Waals surface area (Å²) >= 11 is 0. The third-order valence-corrected chi connectivity index (χ3v) is 4.61. The average molecular weight is 441 g/mol. The number of methoxy groups -OCH3 is 1. The minimum absolute atomic E-state index is 0.0173. The number of hydrogen-bond donors (Lipinski definition) is 2. The number of nitrogens with zero attached hydrogens (tertiary/aromatic N) is 2. The van der Waals surface area contributed by atoms with Crippen LogP contribution in [0, 0.1) is 5.53 Å². The third-order valence-electron chi connectivity index (χ3n) is 4.61. The maximum atomic E-state index is 13.1. The zero-order chi connectivity index (χ0) is 22.6. The molecule has 2 aromatic rings. The van der Waals surface area contributed by atoms with Gasteiger partial charge in [-0.05, 0) is 31.0 Å². The number of carbonyl (C=O) groups is 1. The van der Waals surface area contributed by atoms with Crippen LogP contribution in [0.15, 0.2) is 28.8 Å². The van der Waals surface area contributed by atoms with Crippen molar-refractivity contribution in [1.82, 2.24) is 10.3 Å². The molecule has 1 atom stereocenters. The first-order valence-electron chi connectivity index (χ1n) is 9.72. The standard InChI is InChI=1S/C18H17F3N4O3.C2H6O/c19-18(20,21)10-1-4-14(27-12-2-3-12)13(7-10)15-8-23-17(28-15)16(26)24-11-5-6-25(22)9-11;1-3-2/h1,4,7-8,11-12,22H,2-3,5-6,9H2;1-2H3/p+1. The van der Waals surface area contributed by atoms with Crippen LogP contribution in [0.1, 0.15) is 35.5 Å². The van der Waals surface area contributed by atoms with Crippen LogP contribution in [0.5, 0.6) is 5.75 Å². The molecule has 1 aromatic carbocycles. The highest BCUT2D eigenvalue weighted by molar-refractivity contribution is 5.90. The molecule has 1 saturated carbocycles. The van der Waals surface area contributed by atoms with Gasteiger partial charge in [0, 0.05) is 20.6 Å². The van der Waals surface area contributed by atoms with Gasteiger partial charge in [0.2, 0.25) is 0 Å². The van der Waals surface area contributed by atoms with Gasteiger partial charge in [0.05, 0.1) is 29.5 Å². The molecule has 1 aliphatic heterocycles. The second-order valence-electron chi connectivity index (χ2n) is 7.37. The van der Waals surface area contributed by atoms with E-state index in [0.29, 0.717) is 19.5 Å². The summed E-state index contributed by atoms with van der Waals surface area (Å²) in [4.78, 5) is 16.2. The highest BCUT2D eigenvalue weighted by Gasteiger charge is 2.33. The van der Waals surface area contributed by atoms with Crippen molar-refractivity contribution in [3.05, 3.63) is 35.9 Å². The van der Waals surface area contributed by atoms with E-state index in [4.69, 9.17) is 14.7 Å². The predicted octanol–water partition coefficient (Wildman–Crippen LogP) is 3.71. The summed E-state index contributed by atoms with van der Waals surface area (Å²) in [7, 11) is 3.25. The molecule has 168 valence electrons. The first kappa shape index (κ1) is 22.7. The highest BCUT2D eigenvalue weighted by Crippen LogP contribution is 2.39. The minimum Gasteiger partial charge on any atom is -0.490 e. The molecule has 0 spiro atoms. The van der Waals surface area contributed by atoms with Gasteiger partial charge in [-0.25, -0.2) is 4.98 Å². The van der Waals surface area contributed by atoms with Gasteiger partial charge in [0.1, 0.15) is 5.75 Å². The van der Waals surface area contributed by atoms with E-state index in [1.807, 2.05) is 0 Å². The molecule has 2 aliphatic rings. The SMILES string of the molecule is COC.N=[N+]1CCC(NC(=O)c2ncc(-c3cc(C(F)(F)F)ccc3OC3CC3)o2)C1. The maximum Gasteiger partial charge on any atom is 0.416 e. The number of hydrogen-bond acceptors (Lipinski definition) is 6. The number of alkyl halides is 3. The lowest BCUT2D eigenvalue weighted by atomic mass is 10.1. The lowest BCUT2D eigenvalue weighted by Gasteiger charge is -2.13. The number of aromatic nitrogens is 1. The van der Waals surface area contributed by atoms with Crippen LogP contribution in [0.25, 0.3) is 11.3 Å². The Morgan fingerprint density at radius 2 is 2.00 bits per heavy atom. The van der Waals surface area contributed by atoms with E-state index in [1.54, 1.807) is 14.2 Å². The topological polar surface area (TPSA) is 100 Å². The molecule has 11 heteroatoms. The van der Waals surface area contributed by atoms with E-state index in [2.05, 4.69) is 15.0 Å². The van der Waals surface area contributed by atoms with Crippen molar-refractivity contribution < 1.29 is 36.6 Å². The number of carbonyl (C=O) groups excluding carboxylic acids is 1. The van der Waals surface area contributed by atoms with Gasteiger partial charge < -0.3 is 19.2 Å². The van der Waals surface area contributed by atoms with E-state index >= 15 is 0 Å². The van der Waals surface area contributed by atoms with Crippen LogP contribution in [-0.4, -0.2) is 55.0 Å². The van der Waals surface area contributed by atoms with Crippen LogP contribution >= 0.6 is 0 Å². The second kappa shape index (κ2) is 9.46. The van der Waals surface area contributed by atoms with Crippen molar-refractivity contribution in [2.75, 3.05) is 27.3 Å². The monoisotopic (exact) mass is 441 g/mol. The van der Waals surface area contributed by atoms with E-state index < -0.39 is 17.6 Å². The summed E-state index contributed by atoms with van der Waals surface area (Å²) in [5.74, 6) is -0.518. The van der Waals surface area contributed by atoms with E-state index in [0.717, 1.165) is 25.0 Å². The molecule has 31 heavy (non-hydrogen) atoms. The van der Waals surface area contributed by atoms with Crippen molar-refractivity contribution >= 4 is 5.91 Å². The second-order valence-corrected chi connectivity index (χ2v) is 7.37. The molecule has 4 rings (SSSR count). The van der Waals surface area contributed by atoms with Crippen LogP contribution in [0.4, 0.5) is 13.2 Å². The van der Waals surface area contributed by atoms with Gasteiger partial charge in [-0.2, -0.15) is 13.2 Å². The van der Waals surface area contributed by atoms with Crippen molar-refractivity contribution in [1.29, 1.82) is 5.53 Å². The number of nitrogens with one attached hydrogen (secondary N) is 2. The maximum absolute atomic E-state index is 13.1. The molecule has 2 N–H and O–H groups in total. The van der Waals surface area contributed by atoms with Gasteiger partial charge in [-0.1, -0.05) is 5.53 Å². The molecule has 1 saturated heterocycles. The van der Waals surface area contributed by atoms with Crippen LogP contribution in [-0.2, 0) is 10.9 Å². The Morgan fingerprint density at radius 1 is 1.29 bits per heavy atom. The lowest BCUT2D eigenvalue weighted by molar-refractivity contribution is -0.596. The molecule has 1 aliphatic carbocycles. The van der Waals surface area contributed by atoms with Gasteiger partial charge >= 0.3 is 12.1 Å². The summed E-state index contributed by atoms with van der Waals surface area (Å²) in [5, 5.41) is 2.71. The summed E-state index contributed by atoms with van der Waals surface area (Å²) in [6.45, 7) is 0.945. The average Bonchev–Trinajstić information content (AvgIpc) is 3.21. The highest BCUT2D eigenvalue weighted by atomic mass is 19.4. The molecule has 8 nitrogen and oxygen atoms in total. The third kappa shape index (κ3) is 6.03. The summed E-state index contributed by atoms with van der Waals surface area (Å²) in [6.07, 6.45) is -0.989. The largest absolute Gasteiger partial charge is 0.490 e. The fourth-order valence-electron chi connectivity index (χ4n) is 3.00. The van der Waals surface area contributed by atoms with Crippen molar-refractivity contribution in [3.8, 4) is 17.1 Å². The Kier molecular flexibility index (Phi) is 6.94. The fourth-order valence-corrected chi connectivity index (χ4v) is 3.00. The van der Waals surface area contributed by atoms with Gasteiger partial charge in [0.25, 0.3) is 5.89 Å². The Morgan fingerprint density at radius 3 is 2.58 bits per heavy atom. The number of ether oxygens (including phenoxy) is 2. The first-order valence-corrected chi connectivity index (χ1v) is 9.72. The normalized spacial score (nSPS) is 18.4. The molecule has 2 fully saturated rings. The van der Waals surface area contributed by atoms with Crippen LogP contribution < -0.4 is 10.1 Å². The number of oxazole rings is 1.